The van der Waals surface area contributed by atoms with E-state index >= 15 is 0 Å². The minimum absolute atomic E-state index is 0.0527. The molecule has 0 unspecified atom stereocenters. The Kier molecular flexibility index (Phi) is 6.84. The molecule has 2 N–H and O–H groups in total. The molecule has 1 fully saturated rings. The van der Waals surface area contributed by atoms with E-state index in [1.807, 2.05) is 0 Å². The first-order chi connectivity index (χ1) is 11.4. The first-order valence-electron chi connectivity index (χ1n) is 8.04. The highest BCUT2D eigenvalue weighted by Crippen LogP contribution is 2.18. The Morgan fingerprint density at radius 3 is 2.83 bits per heavy atom. The van der Waals surface area contributed by atoms with Gasteiger partial charge in [0.25, 0.3) is 0 Å². The molecule has 1 amide bonds. The molecule has 0 atom stereocenters. The van der Waals surface area contributed by atoms with E-state index in [-0.39, 0.29) is 18.3 Å². The average Bonchev–Trinajstić information content (AvgIpc) is 2.57. The van der Waals surface area contributed by atoms with Crippen LogP contribution in [0.5, 0.6) is 5.88 Å². The Hall–Kier alpha value is -1.83. The number of carbonyl (C=O) groups is 1. The van der Waals surface area contributed by atoms with Crippen molar-refractivity contribution in [2.24, 2.45) is 5.92 Å². The van der Waals surface area contributed by atoms with E-state index in [9.17, 15) is 18.0 Å². The van der Waals surface area contributed by atoms with Crippen LogP contribution in [-0.4, -0.2) is 36.8 Å². The van der Waals surface area contributed by atoms with Gasteiger partial charge in [-0.25, -0.2) is 4.98 Å². The van der Waals surface area contributed by atoms with Gasteiger partial charge in [-0.15, -0.1) is 0 Å². The van der Waals surface area contributed by atoms with Crippen molar-refractivity contribution in [2.45, 2.75) is 38.4 Å². The lowest BCUT2D eigenvalue weighted by Gasteiger charge is -2.22. The minimum atomic E-state index is -4.40. The Bertz CT molecular complexity index is 532. The number of halogens is 3. The third-order valence-electron chi connectivity index (χ3n) is 3.91. The molecule has 0 aliphatic carbocycles. The van der Waals surface area contributed by atoms with E-state index in [4.69, 9.17) is 0 Å². The molecular weight excluding hydrogens is 323 g/mol. The topological polar surface area (TPSA) is 63.2 Å². The number of pyridine rings is 1. The SMILES string of the molecule is O=C(CCC1CCNCC1)NCc1ccnc(OCC(F)(F)F)c1. The number of piperidine rings is 1. The van der Waals surface area contributed by atoms with Crippen LogP contribution in [0.3, 0.4) is 0 Å². The molecule has 2 rings (SSSR count). The zero-order chi connectivity index (χ0) is 17.4. The largest absolute Gasteiger partial charge is 0.468 e. The molecule has 0 radical (unpaired) electrons. The molecule has 1 saturated heterocycles. The summed E-state index contributed by atoms with van der Waals surface area (Å²) < 4.78 is 41.0. The highest BCUT2D eigenvalue weighted by molar-refractivity contribution is 5.75. The number of ether oxygens (including phenoxy) is 1. The maximum absolute atomic E-state index is 12.1. The number of nitrogens with one attached hydrogen (secondary N) is 2. The molecule has 0 aromatic carbocycles. The molecule has 0 saturated carbocycles. The van der Waals surface area contributed by atoms with Gasteiger partial charge in [0.2, 0.25) is 11.8 Å². The second kappa shape index (κ2) is 8.86. The van der Waals surface area contributed by atoms with Crippen LogP contribution in [0.2, 0.25) is 0 Å². The van der Waals surface area contributed by atoms with Crippen LogP contribution in [0.4, 0.5) is 13.2 Å². The Morgan fingerprint density at radius 2 is 2.12 bits per heavy atom. The van der Waals surface area contributed by atoms with Gasteiger partial charge in [0.15, 0.2) is 6.61 Å². The lowest BCUT2D eigenvalue weighted by molar-refractivity contribution is -0.154. The predicted octanol–water partition coefficient (Wildman–Crippen LogP) is 2.42. The summed E-state index contributed by atoms with van der Waals surface area (Å²) in [5.41, 5.74) is 0.650. The van der Waals surface area contributed by atoms with Crippen molar-refractivity contribution < 1.29 is 22.7 Å². The molecule has 1 aromatic heterocycles. The van der Waals surface area contributed by atoms with Gasteiger partial charge >= 0.3 is 6.18 Å². The molecule has 8 heteroatoms. The fourth-order valence-electron chi connectivity index (χ4n) is 2.59. The van der Waals surface area contributed by atoms with Crippen molar-refractivity contribution in [3.8, 4) is 5.88 Å². The molecule has 0 spiro atoms. The number of alkyl halides is 3. The number of hydrogen-bond acceptors (Lipinski definition) is 4. The Morgan fingerprint density at radius 1 is 1.38 bits per heavy atom. The van der Waals surface area contributed by atoms with Gasteiger partial charge in [0.1, 0.15) is 0 Å². The van der Waals surface area contributed by atoms with E-state index in [2.05, 4.69) is 20.4 Å². The fourth-order valence-corrected chi connectivity index (χ4v) is 2.59. The average molecular weight is 345 g/mol. The highest BCUT2D eigenvalue weighted by Gasteiger charge is 2.28. The molecule has 134 valence electrons. The molecule has 24 heavy (non-hydrogen) atoms. The number of hydrogen-bond donors (Lipinski definition) is 2. The van der Waals surface area contributed by atoms with Crippen LogP contribution in [-0.2, 0) is 11.3 Å². The van der Waals surface area contributed by atoms with Crippen molar-refractivity contribution in [1.29, 1.82) is 0 Å². The summed E-state index contributed by atoms with van der Waals surface area (Å²) in [6, 6.07) is 3.03. The third-order valence-corrected chi connectivity index (χ3v) is 3.91. The van der Waals surface area contributed by atoms with Crippen molar-refractivity contribution in [1.82, 2.24) is 15.6 Å². The van der Waals surface area contributed by atoms with Crippen LogP contribution in [0.25, 0.3) is 0 Å². The standard InChI is InChI=1S/C16H22F3N3O2/c17-16(18,19)11-24-15-9-13(5-8-21-15)10-22-14(23)2-1-12-3-6-20-7-4-12/h5,8-9,12,20H,1-4,6-7,10-11H2,(H,22,23). The predicted molar refractivity (Wildman–Crippen MR) is 82.5 cm³/mol. The quantitative estimate of drug-likeness (QED) is 0.797. The van der Waals surface area contributed by atoms with Gasteiger partial charge in [0, 0.05) is 25.2 Å². The van der Waals surface area contributed by atoms with Crippen LogP contribution < -0.4 is 15.4 Å². The Labute approximate surface area is 139 Å². The number of aromatic nitrogens is 1. The molecule has 1 aromatic rings. The first kappa shape index (κ1) is 18.5. The van der Waals surface area contributed by atoms with Gasteiger partial charge in [-0.1, -0.05) is 0 Å². The van der Waals surface area contributed by atoms with Crippen molar-refractivity contribution in [3.05, 3.63) is 23.9 Å². The summed E-state index contributed by atoms with van der Waals surface area (Å²) in [6.45, 7) is 0.871. The summed E-state index contributed by atoms with van der Waals surface area (Å²) in [7, 11) is 0. The van der Waals surface area contributed by atoms with Crippen LogP contribution in [0.1, 0.15) is 31.2 Å². The van der Waals surface area contributed by atoms with E-state index in [0.717, 1.165) is 32.4 Å². The van der Waals surface area contributed by atoms with Crippen LogP contribution >= 0.6 is 0 Å². The minimum Gasteiger partial charge on any atom is -0.468 e. The van der Waals surface area contributed by atoms with Crippen LogP contribution in [0.15, 0.2) is 18.3 Å². The zero-order valence-electron chi connectivity index (χ0n) is 13.4. The van der Waals surface area contributed by atoms with Crippen molar-refractivity contribution in [3.63, 3.8) is 0 Å². The molecule has 0 bridgehead atoms. The van der Waals surface area contributed by atoms with Gasteiger partial charge in [0.05, 0.1) is 0 Å². The monoisotopic (exact) mass is 345 g/mol. The smallest absolute Gasteiger partial charge is 0.422 e. The first-order valence-corrected chi connectivity index (χ1v) is 8.04. The van der Waals surface area contributed by atoms with E-state index < -0.39 is 12.8 Å². The van der Waals surface area contributed by atoms with Gasteiger partial charge < -0.3 is 15.4 Å². The molecule has 5 nitrogen and oxygen atoms in total. The van der Waals surface area contributed by atoms with E-state index in [1.54, 1.807) is 6.07 Å². The number of nitrogens with zero attached hydrogens (tertiary/aromatic N) is 1. The molecule has 1 aliphatic heterocycles. The summed E-state index contributed by atoms with van der Waals surface area (Å²) in [6.07, 6.45) is 0.481. The second-order valence-electron chi connectivity index (χ2n) is 5.91. The van der Waals surface area contributed by atoms with E-state index in [0.29, 0.717) is 17.9 Å². The number of carbonyl (C=O) groups excluding carboxylic acids is 1. The molecule has 1 aliphatic rings. The van der Waals surface area contributed by atoms with E-state index in [1.165, 1.54) is 12.3 Å². The molecule has 2 heterocycles. The van der Waals surface area contributed by atoms with Gasteiger partial charge in [-0.05, 0) is 49.9 Å². The van der Waals surface area contributed by atoms with Crippen LogP contribution in [0, 0.1) is 5.92 Å². The maximum atomic E-state index is 12.1. The summed E-state index contributed by atoms with van der Waals surface area (Å²) in [4.78, 5) is 15.6. The number of amides is 1. The van der Waals surface area contributed by atoms with Crippen molar-refractivity contribution >= 4 is 5.91 Å². The maximum Gasteiger partial charge on any atom is 0.422 e. The highest BCUT2D eigenvalue weighted by atomic mass is 19.4. The summed E-state index contributed by atoms with van der Waals surface area (Å²) in [5, 5.41) is 6.06. The molecular formula is C16H22F3N3O2. The zero-order valence-corrected chi connectivity index (χ0v) is 13.4. The normalized spacial score (nSPS) is 16.0. The summed E-state index contributed by atoms with van der Waals surface area (Å²) in [5.74, 6) is 0.428. The van der Waals surface area contributed by atoms with Gasteiger partial charge in [-0.2, -0.15) is 13.2 Å². The van der Waals surface area contributed by atoms with Crippen molar-refractivity contribution in [2.75, 3.05) is 19.7 Å². The second-order valence-corrected chi connectivity index (χ2v) is 5.91. The lowest BCUT2D eigenvalue weighted by atomic mass is 9.93. The van der Waals surface area contributed by atoms with Gasteiger partial charge in [-0.3, -0.25) is 4.79 Å². The Balaban J connectivity index is 1.71. The summed E-state index contributed by atoms with van der Waals surface area (Å²) >= 11 is 0. The number of rotatable bonds is 7. The fraction of sp³-hybridized carbons (Fsp3) is 0.625. The third kappa shape index (κ3) is 7.16. The lowest BCUT2D eigenvalue weighted by Crippen LogP contribution is -2.29.